The van der Waals surface area contributed by atoms with Gasteiger partial charge in [0.15, 0.2) is 0 Å². The van der Waals surface area contributed by atoms with Gasteiger partial charge in [0.05, 0.1) is 22.1 Å². The molecule has 3 aromatic rings. The molecular formula is C21H26N6OS. The minimum Gasteiger partial charge on any atom is -0.397 e. The number of carbonyl (C=O) groups excluding carboxylic acids is 1. The van der Waals surface area contributed by atoms with Gasteiger partial charge in [0.25, 0.3) is 5.91 Å². The summed E-state index contributed by atoms with van der Waals surface area (Å²) in [6.45, 7) is 5.82. The second kappa shape index (κ2) is 9.19. The number of nitrogens with zero attached hydrogens (tertiary/aromatic N) is 4. The molecule has 4 rings (SSSR count). The van der Waals surface area contributed by atoms with Crippen LogP contribution in [0, 0.1) is 0 Å². The van der Waals surface area contributed by atoms with Crippen LogP contribution in [0.5, 0.6) is 0 Å². The summed E-state index contributed by atoms with van der Waals surface area (Å²) < 4.78 is 5.92. The number of fused-ring (bicyclic) bond motifs is 1. The van der Waals surface area contributed by atoms with Crippen molar-refractivity contribution in [3.05, 3.63) is 48.3 Å². The molecule has 1 aromatic carbocycles. The van der Waals surface area contributed by atoms with Crippen LogP contribution in [0.1, 0.15) is 23.2 Å². The topological polar surface area (TPSA) is 87.4 Å². The highest BCUT2D eigenvalue weighted by Gasteiger charge is 2.20. The molecule has 1 fully saturated rings. The van der Waals surface area contributed by atoms with Crippen molar-refractivity contribution in [2.75, 3.05) is 49.9 Å². The maximum absolute atomic E-state index is 12.1. The van der Waals surface area contributed by atoms with Crippen LogP contribution >= 0.6 is 11.5 Å². The molecule has 8 heteroatoms. The lowest BCUT2D eigenvalue weighted by Crippen LogP contribution is -2.46. The summed E-state index contributed by atoms with van der Waals surface area (Å²) in [5, 5.41) is 4.20. The molecule has 1 amide bonds. The van der Waals surface area contributed by atoms with Gasteiger partial charge in [-0.05, 0) is 49.1 Å². The molecule has 2 aromatic heterocycles. The van der Waals surface area contributed by atoms with Gasteiger partial charge in [-0.1, -0.05) is 12.1 Å². The van der Waals surface area contributed by atoms with Gasteiger partial charge in [-0.15, -0.1) is 0 Å². The van der Waals surface area contributed by atoms with Crippen LogP contribution in [-0.2, 0) is 0 Å². The molecule has 7 nitrogen and oxygen atoms in total. The molecule has 1 saturated heterocycles. The lowest BCUT2D eigenvalue weighted by molar-refractivity contribution is 0.0953. The number of nitrogens with one attached hydrogen (secondary N) is 1. The zero-order chi connectivity index (χ0) is 20.1. The number of aromatic nitrogens is 2. The maximum Gasteiger partial charge on any atom is 0.253 e. The van der Waals surface area contributed by atoms with Crippen LogP contribution in [0.4, 0.5) is 11.5 Å². The van der Waals surface area contributed by atoms with Crippen LogP contribution in [0.2, 0.25) is 0 Å². The Labute approximate surface area is 174 Å². The van der Waals surface area contributed by atoms with E-state index in [1.807, 2.05) is 0 Å². The first-order valence-electron chi connectivity index (χ1n) is 10.0. The predicted octanol–water partition coefficient (Wildman–Crippen LogP) is 2.61. The van der Waals surface area contributed by atoms with Crippen molar-refractivity contribution in [1.82, 2.24) is 19.6 Å². The minimum atomic E-state index is -0.131. The van der Waals surface area contributed by atoms with E-state index in [9.17, 15) is 4.79 Å². The Balaban J connectivity index is 1.16. The van der Waals surface area contributed by atoms with Crippen molar-refractivity contribution < 1.29 is 4.79 Å². The molecule has 1 aliphatic rings. The number of unbranched alkanes of at least 4 members (excludes halogenated alkanes) is 1. The Morgan fingerprint density at radius 3 is 2.79 bits per heavy atom. The average molecular weight is 411 g/mol. The third-order valence-corrected chi connectivity index (χ3v) is 6.13. The normalized spacial score (nSPS) is 15.0. The second-order valence-corrected chi connectivity index (χ2v) is 8.06. The number of rotatable bonds is 7. The lowest BCUT2D eigenvalue weighted by Gasteiger charge is -2.35. The van der Waals surface area contributed by atoms with E-state index in [1.54, 1.807) is 23.8 Å². The summed E-state index contributed by atoms with van der Waals surface area (Å²) in [6, 6.07) is 10.1. The summed E-state index contributed by atoms with van der Waals surface area (Å²) in [6.07, 6.45) is 5.10. The number of nitrogen functional groups attached to an aromatic ring is 1. The monoisotopic (exact) mass is 410 g/mol. The molecule has 0 unspecified atom stereocenters. The lowest BCUT2D eigenvalue weighted by atomic mass is 10.2. The molecule has 0 bridgehead atoms. The highest BCUT2D eigenvalue weighted by molar-refractivity contribution is 7.13. The molecule has 0 spiro atoms. The summed E-state index contributed by atoms with van der Waals surface area (Å²) in [4.78, 5) is 20.9. The van der Waals surface area contributed by atoms with Crippen LogP contribution < -0.4 is 16.0 Å². The molecule has 1 aliphatic heterocycles. The molecule has 0 aliphatic carbocycles. The van der Waals surface area contributed by atoms with E-state index < -0.39 is 0 Å². The van der Waals surface area contributed by atoms with Gasteiger partial charge in [0, 0.05) is 44.3 Å². The third kappa shape index (κ3) is 4.65. The van der Waals surface area contributed by atoms with Crippen molar-refractivity contribution in [1.29, 1.82) is 0 Å². The number of hydrogen-bond donors (Lipinski definition) is 2. The van der Waals surface area contributed by atoms with E-state index in [0.29, 0.717) is 17.8 Å². The Bertz CT molecular complexity index is 966. The van der Waals surface area contributed by atoms with Gasteiger partial charge in [-0.25, -0.2) is 0 Å². The fourth-order valence-electron chi connectivity index (χ4n) is 3.65. The highest BCUT2D eigenvalue weighted by atomic mass is 32.1. The first-order valence-corrected chi connectivity index (χ1v) is 10.8. The fraction of sp³-hybridized carbons (Fsp3) is 0.381. The average Bonchev–Trinajstić information content (AvgIpc) is 3.18. The first-order chi connectivity index (χ1) is 14.2. The maximum atomic E-state index is 12.1. The number of benzene rings is 1. The summed E-state index contributed by atoms with van der Waals surface area (Å²) in [5.74, 6) is 0.998. The predicted molar refractivity (Wildman–Crippen MR) is 118 cm³/mol. The Morgan fingerprint density at radius 2 is 1.97 bits per heavy atom. The Kier molecular flexibility index (Phi) is 6.21. The van der Waals surface area contributed by atoms with Crippen LogP contribution in [0.15, 0.2) is 42.7 Å². The Morgan fingerprint density at radius 1 is 1.14 bits per heavy atom. The summed E-state index contributed by atoms with van der Waals surface area (Å²) in [7, 11) is 0. The molecule has 0 atom stereocenters. The number of carbonyl (C=O) groups is 1. The number of hydrogen-bond acceptors (Lipinski definition) is 7. The molecule has 0 saturated carbocycles. The van der Waals surface area contributed by atoms with Crippen molar-refractivity contribution in [2.45, 2.75) is 12.8 Å². The van der Waals surface area contributed by atoms with Crippen LogP contribution in [0.25, 0.3) is 10.1 Å². The van der Waals surface area contributed by atoms with Crippen LogP contribution in [0.3, 0.4) is 0 Å². The second-order valence-electron chi connectivity index (χ2n) is 7.26. The van der Waals surface area contributed by atoms with Gasteiger partial charge >= 0.3 is 0 Å². The van der Waals surface area contributed by atoms with Crippen LogP contribution in [-0.4, -0.2) is 59.4 Å². The van der Waals surface area contributed by atoms with E-state index in [0.717, 1.165) is 51.4 Å². The molecular weight excluding hydrogens is 384 g/mol. The number of anilines is 2. The van der Waals surface area contributed by atoms with Crippen molar-refractivity contribution in [3.63, 3.8) is 0 Å². The SMILES string of the molecule is Nc1cnccc1C(=O)NCCCCN1CCN(c2nsc3ccccc23)CC1. The molecule has 3 heterocycles. The van der Waals surface area contributed by atoms with Crippen molar-refractivity contribution in [2.24, 2.45) is 0 Å². The van der Waals surface area contributed by atoms with E-state index >= 15 is 0 Å². The van der Waals surface area contributed by atoms with Crippen molar-refractivity contribution in [3.8, 4) is 0 Å². The smallest absolute Gasteiger partial charge is 0.253 e. The van der Waals surface area contributed by atoms with E-state index in [2.05, 4.69) is 48.7 Å². The van der Waals surface area contributed by atoms with E-state index in [-0.39, 0.29) is 5.91 Å². The number of amides is 1. The largest absolute Gasteiger partial charge is 0.397 e. The molecule has 3 N–H and O–H groups in total. The number of nitrogens with two attached hydrogens (primary N) is 1. The van der Waals surface area contributed by atoms with Gasteiger partial charge < -0.3 is 16.0 Å². The van der Waals surface area contributed by atoms with E-state index in [4.69, 9.17) is 5.73 Å². The number of pyridine rings is 1. The number of piperazine rings is 1. The Hall–Kier alpha value is -2.71. The summed E-state index contributed by atoms with van der Waals surface area (Å²) >= 11 is 1.58. The van der Waals surface area contributed by atoms with Crippen molar-refractivity contribution >= 4 is 39.0 Å². The standard InChI is InChI=1S/C21H26N6OS/c22-18-15-23-9-7-16(18)21(28)24-8-3-4-10-26-11-13-27(14-12-26)20-17-5-1-2-6-19(17)29-25-20/h1-2,5-7,9,15H,3-4,8,10-14,22H2,(H,24,28). The zero-order valence-electron chi connectivity index (χ0n) is 16.4. The fourth-order valence-corrected chi connectivity index (χ4v) is 4.45. The third-order valence-electron chi connectivity index (χ3n) is 5.31. The van der Waals surface area contributed by atoms with Gasteiger partial charge in [-0.2, -0.15) is 4.37 Å². The first kappa shape index (κ1) is 19.6. The highest BCUT2D eigenvalue weighted by Crippen LogP contribution is 2.29. The molecule has 29 heavy (non-hydrogen) atoms. The minimum absolute atomic E-state index is 0.131. The van der Waals surface area contributed by atoms with E-state index in [1.165, 1.54) is 16.3 Å². The molecule has 152 valence electrons. The van der Waals surface area contributed by atoms with Gasteiger partial charge in [0.2, 0.25) is 0 Å². The quantitative estimate of drug-likeness (QED) is 0.582. The zero-order valence-corrected chi connectivity index (χ0v) is 17.2. The summed E-state index contributed by atoms with van der Waals surface area (Å²) in [5.41, 5.74) is 6.69. The van der Waals surface area contributed by atoms with Gasteiger partial charge in [0.1, 0.15) is 5.82 Å². The van der Waals surface area contributed by atoms with Gasteiger partial charge in [-0.3, -0.25) is 14.7 Å². The molecule has 0 radical (unpaired) electrons.